The van der Waals surface area contributed by atoms with Crippen molar-refractivity contribution in [3.63, 3.8) is 0 Å². The maximum absolute atomic E-state index is 13.3. The molecule has 0 aromatic heterocycles. The van der Waals surface area contributed by atoms with Crippen LogP contribution in [-0.4, -0.2) is 35.4 Å². The molecule has 2 amide bonds. The molecule has 32 heavy (non-hydrogen) atoms. The lowest BCUT2D eigenvalue weighted by molar-refractivity contribution is -0.120. The van der Waals surface area contributed by atoms with Crippen molar-refractivity contribution in [2.45, 2.75) is 40.2 Å². The van der Waals surface area contributed by atoms with Gasteiger partial charge in [0.2, 0.25) is 5.91 Å². The van der Waals surface area contributed by atoms with Gasteiger partial charge in [0.05, 0.1) is 18.6 Å². The molecule has 7 heteroatoms. The maximum atomic E-state index is 13.3. The molecule has 0 saturated heterocycles. The molecule has 1 aliphatic rings. The first-order valence-corrected chi connectivity index (χ1v) is 11.4. The van der Waals surface area contributed by atoms with Crippen LogP contribution in [0.15, 0.2) is 53.2 Å². The van der Waals surface area contributed by atoms with Gasteiger partial charge in [0, 0.05) is 5.54 Å². The SMILES string of the molecule is COc1ccc(/C=C2\N=C(SCC(=O)NC(C)(C)C)N(c3cc(C)cc(C)c3)C2=O)cc1. The number of benzene rings is 2. The number of ether oxygens (including phenoxy) is 1. The number of aliphatic imine (C=N–C) groups is 1. The molecule has 0 fully saturated rings. The number of rotatable bonds is 5. The minimum absolute atomic E-state index is 0.106. The van der Waals surface area contributed by atoms with E-state index in [0.717, 1.165) is 28.1 Å². The highest BCUT2D eigenvalue weighted by Crippen LogP contribution is 2.31. The zero-order valence-electron chi connectivity index (χ0n) is 19.4. The molecule has 1 heterocycles. The summed E-state index contributed by atoms with van der Waals surface area (Å²) in [5.74, 6) is 0.585. The maximum Gasteiger partial charge on any atom is 0.283 e. The summed E-state index contributed by atoms with van der Waals surface area (Å²) in [6.45, 7) is 9.79. The van der Waals surface area contributed by atoms with E-state index >= 15 is 0 Å². The highest BCUT2D eigenvalue weighted by Gasteiger charge is 2.32. The second-order valence-corrected chi connectivity index (χ2v) is 9.71. The Morgan fingerprint density at radius 2 is 1.75 bits per heavy atom. The van der Waals surface area contributed by atoms with E-state index in [9.17, 15) is 9.59 Å². The summed E-state index contributed by atoms with van der Waals surface area (Å²) in [5, 5.41) is 3.43. The van der Waals surface area contributed by atoms with E-state index in [4.69, 9.17) is 4.74 Å². The summed E-state index contributed by atoms with van der Waals surface area (Å²) in [7, 11) is 1.61. The first-order chi connectivity index (χ1) is 15.1. The Labute approximate surface area is 193 Å². The minimum Gasteiger partial charge on any atom is -0.497 e. The zero-order valence-corrected chi connectivity index (χ0v) is 20.2. The predicted octanol–water partition coefficient (Wildman–Crippen LogP) is 4.70. The number of methoxy groups -OCH3 is 1. The third-order valence-electron chi connectivity index (χ3n) is 4.56. The lowest BCUT2D eigenvalue weighted by Crippen LogP contribution is -2.42. The van der Waals surface area contributed by atoms with E-state index in [1.165, 1.54) is 11.8 Å². The van der Waals surface area contributed by atoms with Crippen molar-refractivity contribution in [3.8, 4) is 5.75 Å². The molecule has 0 atom stereocenters. The van der Waals surface area contributed by atoms with E-state index in [0.29, 0.717) is 10.9 Å². The van der Waals surface area contributed by atoms with Crippen molar-refractivity contribution in [2.75, 3.05) is 17.8 Å². The summed E-state index contributed by atoms with van der Waals surface area (Å²) in [5.41, 5.74) is 3.69. The third-order valence-corrected chi connectivity index (χ3v) is 5.50. The quantitative estimate of drug-likeness (QED) is 0.669. The second kappa shape index (κ2) is 9.61. The van der Waals surface area contributed by atoms with Crippen molar-refractivity contribution in [1.29, 1.82) is 0 Å². The Hall–Kier alpha value is -3.06. The number of carbonyl (C=O) groups is 2. The van der Waals surface area contributed by atoms with Gasteiger partial charge in [0.25, 0.3) is 5.91 Å². The van der Waals surface area contributed by atoms with Crippen molar-refractivity contribution in [3.05, 3.63) is 64.9 Å². The number of aryl methyl sites for hydroxylation is 2. The zero-order chi connectivity index (χ0) is 23.5. The van der Waals surface area contributed by atoms with Crippen molar-refractivity contribution >= 4 is 40.5 Å². The lowest BCUT2D eigenvalue weighted by atomic mass is 10.1. The molecular formula is C25H29N3O3S. The second-order valence-electron chi connectivity index (χ2n) is 8.77. The highest BCUT2D eigenvalue weighted by atomic mass is 32.2. The van der Waals surface area contributed by atoms with Crippen LogP contribution in [0.4, 0.5) is 5.69 Å². The molecule has 0 aliphatic carbocycles. The van der Waals surface area contributed by atoms with Gasteiger partial charge in [-0.1, -0.05) is 30.0 Å². The normalized spacial score (nSPS) is 15.2. The standard InChI is InChI=1S/C25H29N3O3S/c1-16-11-17(2)13-19(12-16)28-23(30)21(14-18-7-9-20(31-6)10-8-18)26-24(28)32-15-22(29)27-25(3,4)5/h7-14H,15H2,1-6H3,(H,27,29)/b21-14-. The summed E-state index contributed by atoms with van der Waals surface area (Å²) >= 11 is 1.25. The number of nitrogens with zero attached hydrogens (tertiary/aromatic N) is 2. The van der Waals surface area contributed by atoms with Crippen LogP contribution < -0.4 is 15.0 Å². The Bertz CT molecular complexity index is 1060. The number of carbonyl (C=O) groups excluding carboxylic acids is 2. The topological polar surface area (TPSA) is 71.0 Å². The molecule has 0 bridgehead atoms. The van der Waals surface area contributed by atoms with Gasteiger partial charge >= 0.3 is 0 Å². The predicted molar refractivity (Wildman–Crippen MR) is 132 cm³/mol. The minimum atomic E-state index is -0.322. The lowest BCUT2D eigenvalue weighted by Gasteiger charge is -2.21. The summed E-state index contributed by atoms with van der Waals surface area (Å²) in [6.07, 6.45) is 1.75. The third kappa shape index (κ3) is 6.01. The van der Waals surface area contributed by atoms with Gasteiger partial charge in [-0.2, -0.15) is 0 Å². The first kappa shape index (κ1) is 23.6. The van der Waals surface area contributed by atoms with E-state index in [1.54, 1.807) is 18.1 Å². The number of hydrogen-bond donors (Lipinski definition) is 1. The molecule has 3 rings (SSSR count). The van der Waals surface area contributed by atoms with Crippen LogP contribution >= 0.6 is 11.8 Å². The van der Waals surface area contributed by atoms with E-state index < -0.39 is 0 Å². The Morgan fingerprint density at radius 3 is 2.31 bits per heavy atom. The summed E-state index contributed by atoms with van der Waals surface area (Å²) in [6, 6.07) is 13.4. The van der Waals surface area contributed by atoms with Crippen molar-refractivity contribution in [2.24, 2.45) is 4.99 Å². The average Bonchev–Trinajstić information content (AvgIpc) is 3.00. The highest BCUT2D eigenvalue weighted by molar-refractivity contribution is 8.14. The monoisotopic (exact) mass is 451 g/mol. The molecule has 1 aliphatic heterocycles. The van der Waals surface area contributed by atoms with Gasteiger partial charge in [-0.05, 0) is 81.7 Å². The molecular weight excluding hydrogens is 422 g/mol. The van der Waals surface area contributed by atoms with E-state index in [1.807, 2.05) is 71.0 Å². The van der Waals surface area contributed by atoms with Crippen LogP contribution in [0, 0.1) is 13.8 Å². The van der Waals surface area contributed by atoms with Crippen molar-refractivity contribution < 1.29 is 14.3 Å². The molecule has 6 nitrogen and oxygen atoms in total. The van der Waals surface area contributed by atoms with Crippen LogP contribution in [0.25, 0.3) is 6.08 Å². The molecule has 168 valence electrons. The number of anilines is 1. The van der Waals surface area contributed by atoms with Gasteiger partial charge in [0.1, 0.15) is 11.4 Å². The molecule has 0 radical (unpaired) electrons. The molecule has 0 unspecified atom stereocenters. The fourth-order valence-electron chi connectivity index (χ4n) is 3.34. The number of thioether (sulfide) groups is 1. The molecule has 2 aromatic carbocycles. The van der Waals surface area contributed by atoms with Gasteiger partial charge in [0.15, 0.2) is 5.17 Å². The summed E-state index contributed by atoms with van der Waals surface area (Å²) < 4.78 is 5.20. The van der Waals surface area contributed by atoms with Crippen LogP contribution in [0.1, 0.15) is 37.5 Å². The number of nitrogens with one attached hydrogen (secondary N) is 1. The summed E-state index contributed by atoms with van der Waals surface area (Å²) in [4.78, 5) is 31.9. The van der Waals surface area contributed by atoms with Gasteiger partial charge < -0.3 is 10.1 Å². The molecule has 0 spiro atoms. The van der Waals surface area contributed by atoms with Gasteiger partial charge in [-0.25, -0.2) is 4.99 Å². The average molecular weight is 452 g/mol. The number of hydrogen-bond acceptors (Lipinski definition) is 5. The first-order valence-electron chi connectivity index (χ1n) is 10.4. The molecule has 0 saturated carbocycles. The van der Waals surface area contributed by atoms with Crippen LogP contribution in [0.2, 0.25) is 0 Å². The Balaban J connectivity index is 1.92. The van der Waals surface area contributed by atoms with Crippen molar-refractivity contribution in [1.82, 2.24) is 5.32 Å². The fraction of sp³-hybridized carbons (Fsp3) is 0.320. The van der Waals surface area contributed by atoms with Gasteiger partial charge in [-0.3, -0.25) is 14.5 Å². The van der Waals surface area contributed by atoms with E-state index in [2.05, 4.69) is 16.4 Å². The van der Waals surface area contributed by atoms with Gasteiger partial charge in [-0.15, -0.1) is 0 Å². The van der Waals surface area contributed by atoms with Crippen LogP contribution in [0.5, 0.6) is 5.75 Å². The van der Waals surface area contributed by atoms with E-state index in [-0.39, 0.29) is 23.1 Å². The van der Waals surface area contributed by atoms with Crippen LogP contribution in [-0.2, 0) is 9.59 Å². The smallest absolute Gasteiger partial charge is 0.283 e. The number of amidine groups is 1. The Kier molecular flexibility index (Phi) is 7.09. The molecule has 1 N–H and O–H groups in total. The number of amides is 2. The molecule has 2 aromatic rings. The Morgan fingerprint density at radius 1 is 1.12 bits per heavy atom. The fourth-order valence-corrected chi connectivity index (χ4v) is 4.16. The van der Waals surface area contributed by atoms with Crippen LogP contribution in [0.3, 0.4) is 0 Å². The largest absolute Gasteiger partial charge is 0.497 e.